The Bertz CT molecular complexity index is 500. The van der Waals surface area contributed by atoms with Gasteiger partial charge in [-0.05, 0) is 32.5 Å². The zero-order valence-electron chi connectivity index (χ0n) is 10.9. The van der Waals surface area contributed by atoms with Crippen molar-refractivity contribution in [1.29, 1.82) is 0 Å². The normalized spacial score (nSPS) is 13.3. The monoisotopic (exact) mass is 272 g/mol. The standard InChI is InChI=1S/C12H20N2O3S/c1-4-5-9(2)17-12-8-10(6-7-11(12)13)18(15,16)14-3/h6-9,14H,4-5,13H2,1-3H3. The van der Waals surface area contributed by atoms with E-state index in [4.69, 9.17) is 10.5 Å². The van der Waals surface area contributed by atoms with Crippen LogP contribution in [0.25, 0.3) is 0 Å². The van der Waals surface area contributed by atoms with Crippen LogP contribution in [-0.2, 0) is 10.0 Å². The van der Waals surface area contributed by atoms with Gasteiger partial charge in [0.05, 0.1) is 16.7 Å². The fourth-order valence-electron chi connectivity index (χ4n) is 1.58. The van der Waals surface area contributed by atoms with Crippen LogP contribution in [0.3, 0.4) is 0 Å². The lowest BCUT2D eigenvalue weighted by atomic mass is 10.2. The summed E-state index contributed by atoms with van der Waals surface area (Å²) >= 11 is 0. The van der Waals surface area contributed by atoms with Crippen molar-refractivity contribution in [2.75, 3.05) is 12.8 Å². The number of sulfonamides is 1. The number of nitrogens with one attached hydrogen (secondary N) is 1. The molecule has 6 heteroatoms. The number of nitrogen functional groups attached to an aromatic ring is 1. The highest BCUT2D eigenvalue weighted by Gasteiger charge is 2.15. The summed E-state index contributed by atoms with van der Waals surface area (Å²) in [5, 5.41) is 0. The molecule has 0 saturated heterocycles. The van der Waals surface area contributed by atoms with Crippen LogP contribution in [0.5, 0.6) is 5.75 Å². The van der Waals surface area contributed by atoms with Crippen LogP contribution in [0, 0.1) is 0 Å². The van der Waals surface area contributed by atoms with Gasteiger partial charge in [0.2, 0.25) is 10.0 Å². The first-order valence-electron chi connectivity index (χ1n) is 5.90. The van der Waals surface area contributed by atoms with E-state index < -0.39 is 10.0 Å². The molecule has 0 fully saturated rings. The third kappa shape index (κ3) is 3.61. The molecule has 0 saturated carbocycles. The van der Waals surface area contributed by atoms with Crippen LogP contribution in [0.1, 0.15) is 26.7 Å². The van der Waals surface area contributed by atoms with E-state index in [1.807, 2.05) is 6.92 Å². The maximum Gasteiger partial charge on any atom is 0.240 e. The molecule has 0 amide bonds. The molecule has 0 spiro atoms. The van der Waals surface area contributed by atoms with Gasteiger partial charge in [-0.1, -0.05) is 13.3 Å². The van der Waals surface area contributed by atoms with E-state index in [2.05, 4.69) is 11.6 Å². The van der Waals surface area contributed by atoms with Crippen LogP contribution in [0.15, 0.2) is 23.1 Å². The number of nitrogens with two attached hydrogens (primary N) is 1. The quantitative estimate of drug-likeness (QED) is 0.773. The number of rotatable bonds is 6. The van der Waals surface area contributed by atoms with Gasteiger partial charge in [0, 0.05) is 6.07 Å². The van der Waals surface area contributed by atoms with Crippen molar-refractivity contribution in [2.24, 2.45) is 0 Å². The predicted octanol–water partition coefficient (Wildman–Crippen LogP) is 1.74. The number of hydrogen-bond donors (Lipinski definition) is 2. The predicted molar refractivity (Wildman–Crippen MR) is 72.1 cm³/mol. The minimum atomic E-state index is -3.47. The van der Waals surface area contributed by atoms with Crippen molar-refractivity contribution in [3.05, 3.63) is 18.2 Å². The SMILES string of the molecule is CCCC(C)Oc1cc(S(=O)(=O)NC)ccc1N. The Labute approximate surface area is 108 Å². The number of hydrogen-bond acceptors (Lipinski definition) is 4. The molecular formula is C12H20N2O3S. The van der Waals surface area contributed by atoms with Gasteiger partial charge in [0.15, 0.2) is 0 Å². The van der Waals surface area contributed by atoms with Crippen LogP contribution in [0.2, 0.25) is 0 Å². The van der Waals surface area contributed by atoms with Crippen molar-refractivity contribution in [2.45, 2.75) is 37.7 Å². The molecule has 1 unspecified atom stereocenters. The first kappa shape index (κ1) is 14.8. The summed E-state index contributed by atoms with van der Waals surface area (Å²) in [5.41, 5.74) is 6.22. The van der Waals surface area contributed by atoms with Crippen LogP contribution in [0.4, 0.5) is 5.69 Å². The van der Waals surface area contributed by atoms with Gasteiger partial charge in [-0.25, -0.2) is 13.1 Å². The molecule has 1 rings (SSSR count). The number of anilines is 1. The zero-order chi connectivity index (χ0) is 13.8. The number of benzene rings is 1. The Kier molecular flexibility index (Phi) is 4.98. The molecule has 0 bridgehead atoms. The molecule has 0 radical (unpaired) electrons. The molecule has 3 N–H and O–H groups in total. The average molecular weight is 272 g/mol. The Morgan fingerprint density at radius 3 is 2.67 bits per heavy atom. The molecule has 18 heavy (non-hydrogen) atoms. The molecule has 0 aliphatic carbocycles. The summed E-state index contributed by atoms with van der Waals surface area (Å²) in [5.74, 6) is 0.410. The third-order valence-electron chi connectivity index (χ3n) is 2.59. The molecule has 1 atom stereocenters. The zero-order valence-corrected chi connectivity index (χ0v) is 11.8. The molecule has 0 aliphatic rings. The van der Waals surface area contributed by atoms with Gasteiger partial charge in [-0.15, -0.1) is 0 Å². The van der Waals surface area contributed by atoms with E-state index in [0.717, 1.165) is 12.8 Å². The third-order valence-corrected chi connectivity index (χ3v) is 4.00. The largest absolute Gasteiger partial charge is 0.489 e. The molecule has 0 aliphatic heterocycles. The smallest absolute Gasteiger partial charge is 0.240 e. The summed E-state index contributed by atoms with van der Waals surface area (Å²) < 4.78 is 31.2. The van der Waals surface area contributed by atoms with E-state index in [9.17, 15) is 8.42 Å². The highest BCUT2D eigenvalue weighted by Crippen LogP contribution is 2.26. The van der Waals surface area contributed by atoms with Gasteiger partial charge in [-0.3, -0.25) is 0 Å². The first-order chi connectivity index (χ1) is 8.40. The molecular weight excluding hydrogens is 252 g/mol. The minimum Gasteiger partial charge on any atom is -0.489 e. The fraction of sp³-hybridized carbons (Fsp3) is 0.500. The van der Waals surface area contributed by atoms with Crippen molar-refractivity contribution < 1.29 is 13.2 Å². The first-order valence-corrected chi connectivity index (χ1v) is 7.38. The van der Waals surface area contributed by atoms with Crippen LogP contribution < -0.4 is 15.2 Å². The maximum atomic E-state index is 11.7. The minimum absolute atomic E-state index is 0.00448. The highest BCUT2D eigenvalue weighted by atomic mass is 32.2. The van der Waals surface area contributed by atoms with Gasteiger partial charge in [0.1, 0.15) is 5.75 Å². The van der Waals surface area contributed by atoms with Crippen molar-refractivity contribution >= 4 is 15.7 Å². The lowest BCUT2D eigenvalue weighted by molar-refractivity contribution is 0.210. The van der Waals surface area contributed by atoms with Gasteiger partial charge >= 0.3 is 0 Å². The lowest BCUT2D eigenvalue weighted by Crippen LogP contribution is -2.19. The fourth-order valence-corrected chi connectivity index (χ4v) is 2.33. The Morgan fingerprint density at radius 1 is 1.44 bits per heavy atom. The average Bonchev–Trinajstić information content (AvgIpc) is 2.32. The Morgan fingerprint density at radius 2 is 2.11 bits per heavy atom. The van der Waals surface area contributed by atoms with E-state index in [1.165, 1.54) is 25.2 Å². The molecule has 1 aromatic carbocycles. The Hall–Kier alpha value is -1.27. The van der Waals surface area contributed by atoms with E-state index in [-0.39, 0.29) is 11.0 Å². The van der Waals surface area contributed by atoms with Crippen molar-refractivity contribution in [3.63, 3.8) is 0 Å². The summed E-state index contributed by atoms with van der Waals surface area (Å²) in [6.45, 7) is 3.99. The second kappa shape index (κ2) is 6.06. The van der Waals surface area contributed by atoms with Gasteiger partial charge < -0.3 is 10.5 Å². The van der Waals surface area contributed by atoms with E-state index >= 15 is 0 Å². The van der Waals surface area contributed by atoms with E-state index in [1.54, 1.807) is 0 Å². The van der Waals surface area contributed by atoms with Crippen LogP contribution in [-0.4, -0.2) is 21.6 Å². The van der Waals surface area contributed by atoms with Gasteiger partial charge in [-0.2, -0.15) is 0 Å². The van der Waals surface area contributed by atoms with Crippen LogP contribution >= 0.6 is 0 Å². The Balaban J connectivity index is 3.02. The van der Waals surface area contributed by atoms with Crippen molar-refractivity contribution in [3.8, 4) is 5.75 Å². The molecule has 102 valence electrons. The lowest BCUT2D eigenvalue weighted by Gasteiger charge is -2.16. The summed E-state index contributed by atoms with van der Waals surface area (Å²) in [7, 11) is -2.10. The molecule has 5 nitrogen and oxygen atoms in total. The van der Waals surface area contributed by atoms with Crippen molar-refractivity contribution in [1.82, 2.24) is 4.72 Å². The molecule has 1 aromatic rings. The van der Waals surface area contributed by atoms with E-state index in [0.29, 0.717) is 11.4 Å². The summed E-state index contributed by atoms with van der Waals surface area (Å²) in [6.07, 6.45) is 1.89. The topological polar surface area (TPSA) is 81.4 Å². The molecule has 0 heterocycles. The highest BCUT2D eigenvalue weighted by molar-refractivity contribution is 7.89. The second-order valence-electron chi connectivity index (χ2n) is 4.12. The summed E-state index contributed by atoms with van der Waals surface area (Å²) in [4.78, 5) is 0.151. The maximum absolute atomic E-state index is 11.7. The second-order valence-corrected chi connectivity index (χ2v) is 6.01. The molecule has 0 aromatic heterocycles. The summed E-state index contributed by atoms with van der Waals surface area (Å²) in [6, 6.07) is 4.45. The van der Waals surface area contributed by atoms with Gasteiger partial charge in [0.25, 0.3) is 0 Å². The number of ether oxygens (including phenoxy) is 1.